The summed E-state index contributed by atoms with van der Waals surface area (Å²) >= 11 is 0. The van der Waals surface area contributed by atoms with Gasteiger partial charge in [0.05, 0.1) is 23.9 Å². The molecule has 2 N–H and O–H groups in total. The van der Waals surface area contributed by atoms with E-state index in [0.717, 1.165) is 31.6 Å². The highest BCUT2D eigenvalue weighted by molar-refractivity contribution is 5.81. The van der Waals surface area contributed by atoms with Gasteiger partial charge in [-0.1, -0.05) is 19.8 Å². The molecule has 0 bridgehead atoms. The molecule has 6 heteroatoms. The first-order valence-corrected chi connectivity index (χ1v) is 6.68. The largest absolute Gasteiger partial charge is 0.369 e. The van der Waals surface area contributed by atoms with E-state index >= 15 is 0 Å². The average molecular weight is 261 g/mol. The van der Waals surface area contributed by atoms with Crippen LogP contribution in [-0.4, -0.2) is 20.9 Å². The number of nitrogens with two attached hydrogens (primary N) is 1. The highest BCUT2D eigenvalue weighted by Crippen LogP contribution is 2.37. The Hall–Kier alpha value is -1.90. The number of nitriles is 1. The molecular weight excluding hydrogens is 242 g/mol. The fourth-order valence-corrected chi connectivity index (χ4v) is 2.83. The van der Waals surface area contributed by atoms with Crippen molar-refractivity contribution >= 4 is 5.91 Å². The maximum atomic E-state index is 11.7. The van der Waals surface area contributed by atoms with Gasteiger partial charge in [-0.2, -0.15) is 20.3 Å². The third-order valence-corrected chi connectivity index (χ3v) is 3.92. The maximum absolute atomic E-state index is 11.7. The lowest BCUT2D eigenvalue weighted by atomic mass is 9.75. The molecule has 0 saturated heterocycles. The summed E-state index contributed by atoms with van der Waals surface area (Å²) < 4.78 is 0. The lowest BCUT2D eigenvalue weighted by Crippen LogP contribution is -2.31. The number of carbonyl (C=O) groups excluding carboxylic acids is 1. The van der Waals surface area contributed by atoms with Crippen LogP contribution in [0.3, 0.4) is 0 Å². The quantitative estimate of drug-likeness (QED) is 0.880. The third kappa shape index (κ3) is 3.11. The molecule has 102 valence electrons. The van der Waals surface area contributed by atoms with Crippen molar-refractivity contribution in [2.45, 2.75) is 45.1 Å². The zero-order valence-electron chi connectivity index (χ0n) is 11.1. The van der Waals surface area contributed by atoms with Gasteiger partial charge in [-0.05, 0) is 24.7 Å². The Balaban J connectivity index is 2.15. The van der Waals surface area contributed by atoms with Gasteiger partial charge in [-0.3, -0.25) is 4.79 Å². The molecule has 2 rings (SSSR count). The van der Waals surface area contributed by atoms with Gasteiger partial charge in [0.1, 0.15) is 6.54 Å². The van der Waals surface area contributed by atoms with Crippen LogP contribution in [0, 0.1) is 23.2 Å². The number of carbonyl (C=O) groups is 1. The first kappa shape index (κ1) is 13.5. The summed E-state index contributed by atoms with van der Waals surface area (Å²) in [7, 11) is 0. The number of hydrogen-bond donors (Lipinski definition) is 1. The fourth-order valence-electron chi connectivity index (χ4n) is 2.83. The normalized spacial score (nSPS) is 24.6. The summed E-state index contributed by atoms with van der Waals surface area (Å²) in [5.74, 6) is 0.253. The van der Waals surface area contributed by atoms with Crippen LogP contribution in [-0.2, 0) is 11.3 Å². The molecule has 6 nitrogen and oxygen atoms in total. The third-order valence-electron chi connectivity index (χ3n) is 3.92. The van der Waals surface area contributed by atoms with E-state index < -0.39 is 0 Å². The lowest BCUT2D eigenvalue weighted by molar-refractivity contribution is -0.121. The number of nitrogens with zero attached hydrogens (tertiary/aromatic N) is 4. The fraction of sp³-hybridized carbons (Fsp3) is 0.692. The van der Waals surface area contributed by atoms with Gasteiger partial charge in [-0.25, -0.2) is 0 Å². The van der Waals surface area contributed by atoms with Crippen LogP contribution in [0.4, 0.5) is 0 Å². The maximum Gasteiger partial charge on any atom is 0.226 e. The van der Waals surface area contributed by atoms with Crippen molar-refractivity contribution < 1.29 is 4.79 Å². The van der Waals surface area contributed by atoms with Gasteiger partial charge in [-0.15, -0.1) is 0 Å². The smallest absolute Gasteiger partial charge is 0.226 e. The molecule has 0 radical (unpaired) electrons. The molecule has 1 aliphatic rings. The molecule has 1 aromatic rings. The topological polar surface area (TPSA) is 97.6 Å². The van der Waals surface area contributed by atoms with Crippen LogP contribution in [0.15, 0.2) is 6.20 Å². The molecule has 1 atom stereocenters. The molecule has 1 aliphatic carbocycles. The Bertz CT molecular complexity index is 481. The SMILES string of the molecule is CC1CCC(C(C(N)=O)c2cnn(CC#N)n2)CC1. The van der Waals surface area contributed by atoms with Gasteiger partial charge in [0.2, 0.25) is 5.91 Å². The Kier molecular flexibility index (Phi) is 4.15. The molecule has 1 heterocycles. The first-order chi connectivity index (χ1) is 9.11. The lowest BCUT2D eigenvalue weighted by Gasteiger charge is -2.30. The van der Waals surface area contributed by atoms with Gasteiger partial charge < -0.3 is 5.73 Å². The zero-order chi connectivity index (χ0) is 13.8. The van der Waals surface area contributed by atoms with Crippen molar-refractivity contribution in [1.82, 2.24) is 15.0 Å². The van der Waals surface area contributed by atoms with E-state index in [1.807, 2.05) is 6.07 Å². The Labute approximate surface area is 112 Å². The summed E-state index contributed by atoms with van der Waals surface area (Å²) in [6.07, 6.45) is 5.81. The van der Waals surface area contributed by atoms with E-state index in [1.165, 1.54) is 4.80 Å². The molecule has 1 fully saturated rings. The second-order valence-corrected chi connectivity index (χ2v) is 5.36. The van der Waals surface area contributed by atoms with E-state index in [4.69, 9.17) is 11.0 Å². The molecule has 0 spiro atoms. The summed E-state index contributed by atoms with van der Waals surface area (Å²) in [6.45, 7) is 2.33. The number of primary amides is 1. The average Bonchev–Trinajstić information content (AvgIpc) is 2.80. The molecule has 0 aromatic carbocycles. The molecule has 19 heavy (non-hydrogen) atoms. The Morgan fingerprint density at radius 3 is 2.84 bits per heavy atom. The summed E-state index contributed by atoms with van der Waals surface area (Å²) in [4.78, 5) is 13.0. The highest BCUT2D eigenvalue weighted by atomic mass is 16.1. The van der Waals surface area contributed by atoms with Gasteiger partial charge in [0, 0.05) is 0 Å². The molecule has 1 saturated carbocycles. The van der Waals surface area contributed by atoms with Crippen molar-refractivity contribution in [3.05, 3.63) is 11.9 Å². The standard InChI is InChI=1S/C13H19N5O/c1-9-2-4-10(5-3-9)12(13(15)19)11-8-16-18(17-11)7-6-14/h8-10,12H,2-5,7H2,1H3,(H2,15,19). The number of hydrogen-bond acceptors (Lipinski definition) is 4. The zero-order valence-corrected chi connectivity index (χ0v) is 11.1. The molecule has 0 aliphatic heterocycles. The molecule has 1 amide bonds. The van der Waals surface area contributed by atoms with Crippen molar-refractivity contribution in [2.75, 3.05) is 0 Å². The minimum Gasteiger partial charge on any atom is -0.369 e. The van der Waals surface area contributed by atoms with E-state index in [9.17, 15) is 4.79 Å². The number of aromatic nitrogens is 3. The first-order valence-electron chi connectivity index (χ1n) is 6.68. The molecule has 1 unspecified atom stereocenters. The Morgan fingerprint density at radius 2 is 2.26 bits per heavy atom. The van der Waals surface area contributed by atoms with Crippen LogP contribution in [0.25, 0.3) is 0 Å². The minimum atomic E-state index is -0.375. The molecule has 1 aromatic heterocycles. The summed E-state index contributed by atoms with van der Waals surface area (Å²) in [6, 6.07) is 1.97. The van der Waals surface area contributed by atoms with Crippen LogP contribution in [0.1, 0.15) is 44.2 Å². The van der Waals surface area contributed by atoms with Gasteiger partial charge in [0.25, 0.3) is 0 Å². The van der Waals surface area contributed by atoms with Crippen molar-refractivity contribution in [2.24, 2.45) is 17.6 Å². The van der Waals surface area contributed by atoms with E-state index in [0.29, 0.717) is 5.69 Å². The summed E-state index contributed by atoms with van der Waals surface area (Å²) in [5.41, 5.74) is 6.14. The van der Waals surface area contributed by atoms with Gasteiger partial charge in [0.15, 0.2) is 0 Å². The predicted octanol–water partition coefficient (Wildman–Crippen LogP) is 1.20. The summed E-state index contributed by atoms with van der Waals surface area (Å²) in [5, 5.41) is 16.8. The van der Waals surface area contributed by atoms with Crippen molar-refractivity contribution in [3.8, 4) is 6.07 Å². The molecular formula is C13H19N5O. The van der Waals surface area contributed by atoms with Crippen LogP contribution in [0.5, 0.6) is 0 Å². The number of amides is 1. The van der Waals surface area contributed by atoms with Crippen LogP contribution >= 0.6 is 0 Å². The van der Waals surface area contributed by atoms with Gasteiger partial charge >= 0.3 is 0 Å². The minimum absolute atomic E-state index is 0.0905. The van der Waals surface area contributed by atoms with Crippen LogP contribution in [0.2, 0.25) is 0 Å². The monoisotopic (exact) mass is 261 g/mol. The Morgan fingerprint density at radius 1 is 1.58 bits per heavy atom. The predicted molar refractivity (Wildman–Crippen MR) is 68.7 cm³/mol. The number of rotatable bonds is 4. The van der Waals surface area contributed by atoms with Crippen LogP contribution < -0.4 is 5.73 Å². The second kappa shape index (κ2) is 5.83. The van der Waals surface area contributed by atoms with E-state index in [1.54, 1.807) is 6.20 Å². The second-order valence-electron chi connectivity index (χ2n) is 5.36. The highest BCUT2D eigenvalue weighted by Gasteiger charge is 2.33. The van der Waals surface area contributed by atoms with Crippen molar-refractivity contribution in [3.63, 3.8) is 0 Å². The van der Waals surface area contributed by atoms with E-state index in [2.05, 4.69) is 17.1 Å². The van der Waals surface area contributed by atoms with E-state index in [-0.39, 0.29) is 24.3 Å². The van der Waals surface area contributed by atoms with Crippen molar-refractivity contribution in [1.29, 1.82) is 5.26 Å².